The first-order valence-corrected chi connectivity index (χ1v) is 14.5. The van der Waals surface area contributed by atoms with Gasteiger partial charge in [0.05, 0.1) is 11.1 Å². The molecule has 1 aliphatic rings. The lowest BCUT2D eigenvalue weighted by molar-refractivity contribution is 0.0737. The van der Waals surface area contributed by atoms with E-state index in [0.717, 1.165) is 48.2 Å². The highest BCUT2D eigenvalue weighted by Gasteiger charge is 2.20. The Labute approximate surface area is 247 Å². The van der Waals surface area contributed by atoms with Crippen LogP contribution in [0.1, 0.15) is 54.9 Å². The van der Waals surface area contributed by atoms with Crippen molar-refractivity contribution in [2.75, 3.05) is 43.9 Å². The van der Waals surface area contributed by atoms with Crippen LogP contribution in [-0.2, 0) is 0 Å². The third-order valence-electron chi connectivity index (χ3n) is 8.03. The summed E-state index contributed by atoms with van der Waals surface area (Å²) in [6.07, 6.45) is 6.20. The molecule has 0 atom stereocenters. The first-order valence-electron chi connectivity index (χ1n) is 14.5. The minimum Gasteiger partial charge on any atom is -0.390 e. The van der Waals surface area contributed by atoms with Crippen LogP contribution in [-0.4, -0.2) is 70.8 Å². The maximum atomic E-state index is 13.1. The number of pyridine rings is 1. The molecule has 9 nitrogen and oxygen atoms in total. The van der Waals surface area contributed by atoms with Crippen LogP contribution in [0, 0.1) is 0 Å². The molecule has 0 bridgehead atoms. The normalized spacial score (nSPS) is 14.6. The number of aliphatic hydroxyl groups is 1. The number of anilines is 3. The number of hydrogen-bond donors (Lipinski definition) is 3. The van der Waals surface area contributed by atoms with Crippen LogP contribution in [0.25, 0.3) is 10.9 Å². The zero-order valence-corrected chi connectivity index (χ0v) is 24.8. The number of nitrogens with one attached hydrogen (secondary N) is 2. The Bertz CT molecular complexity index is 1550. The average molecular weight is 569 g/mol. The maximum absolute atomic E-state index is 13.1. The highest BCUT2D eigenvalue weighted by Crippen LogP contribution is 2.32. The van der Waals surface area contributed by atoms with Crippen molar-refractivity contribution < 1.29 is 14.7 Å². The van der Waals surface area contributed by atoms with Crippen LogP contribution in [0.4, 0.5) is 22.0 Å². The van der Waals surface area contributed by atoms with Gasteiger partial charge in [-0.3, -0.25) is 9.36 Å². The fourth-order valence-electron chi connectivity index (χ4n) is 5.48. The topological polar surface area (TPSA) is 103 Å². The van der Waals surface area contributed by atoms with Gasteiger partial charge in [0.1, 0.15) is 5.82 Å². The van der Waals surface area contributed by atoms with Crippen LogP contribution in [0.2, 0.25) is 0 Å². The Balaban J connectivity index is 1.36. The van der Waals surface area contributed by atoms with Gasteiger partial charge in [-0.25, -0.2) is 9.78 Å². The molecule has 1 saturated heterocycles. The van der Waals surface area contributed by atoms with Gasteiger partial charge in [0.25, 0.3) is 5.91 Å². The Morgan fingerprint density at radius 3 is 2.43 bits per heavy atom. The van der Waals surface area contributed by atoms with Crippen molar-refractivity contribution in [1.29, 1.82) is 0 Å². The standard InChI is InChI=1S/C33H40N6O3/c1-33(2,42)15-20-38(27-9-10-29-26(21-27)14-19-39(29)32(41)34-3)28-11-16-35-30(22-28)36-31(40)25-7-5-23(6-8-25)24-12-17-37(4)18-13-24/h5-11,14,16,19,21-22,24,42H,12-13,15,17-18,20H2,1-4H3,(H,34,41)(H,35,36,40). The van der Waals surface area contributed by atoms with Crippen LogP contribution >= 0.6 is 0 Å². The zero-order valence-electron chi connectivity index (χ0n) is 24.8. The van der Waals surface area contributed by atoms with E-state index in [0.29, 0.717) is 30.3 Å². The number of hydrogen-bond acceptors (Lipinski definition) is 6. The van der Waals surface area contributed by atoms with E-state index in [2.05, 4.69) is 44.6 Å². The number of nitrogens with zero attached hydrogens (tertiary/aromatic N) is 4. The van der Waals surface area contributed by atoms with Crippen molar-refractivity contribution in [1.82, 2.24) is 19.8 Å². The number of benzene rings is 2. The SMILES string of the molecule is CNC(=O)n1ccc2cc(N(CCC(C)(C)O)c3ccnc(NC(=O)c4ccc(C5CCN(C)CC5)cc4)c3)ccc21. The number of aromatic nitrogens is 2. The molecule has 2 aromatic carbocycles. The summed E-state index contributed by atoms with van der Waals surface area (Å²) in [5.41, 5.74) is 3.52. The van der Waals surface area contributed by atoms with Gasteiger partial charge >= 0.3 is 6.03 Å². The van der Waals surface area contributed by atoms with Crippen LogP contribution in [0.15, 0.2) is 73.1 Å². The third-order valence-corrected chi connectivity index (χ3v) is 8.03. The minimum absolute atomic E-state index is 0.206. The van der Waals surface area contributed by atoms with E-state index < -0.39 is 5.60 Å². The van der Waals surface area contributed by atoms with E-state index in [1.807, 2.05) is 48.5 Å². The summed E-state index contributed by atoms with van der Waals surface area (Å²) in [6.45, 7) is 6.29. The molecule has 0 spiro atoms. The lowest BCUT2D eigenvalue weighted by Gasteiger charge is -2.29. The lowest BCUT2D eigenvalue weighted by Crippen LogP contribution is -2.29. The smallest absolute Gasteiger partial charge is 0.325 e. The largest absolute Gasteiger partial charge is 0.390 e. The fourth-order valence-corrected chi connectivity index (χ4v) is 5.48. The monoisotopic (exact) mass is 568 g/mol. The van der Waals surface area contributed by atoms with Crippen molar-refractivity contribution in [3.8, 4) is 0 Å². The summed E-state index contributed by atoms with van der Waals surface area (Å²) in [6, 6.07) is 19.2. The Hall–Kier alpha value is -4.21. The summed E-state index contributed by atoms with van der Waals surface area (Å²) in [5.74, 6) is 0.764. The molecule has 3 heterocycles. The second-order valence-electron chi connectivity index (χ2n) is 11.8. The Morgan fingerprint density at radius 2 is 1.74 bits per heavy atom. The van der Waals surface area contributed by atoms with Gasteiger partial charge in [0.15, 0.2) is 0 Å². The van der Waals surface area contributed by atoms with E-state index >= 15 is 0 Å². The summed E-state index contributed by atoms with van der Waals surface area (Å²) in [5, 5.41) is 17.0. The van der Waals surface area contributed by atoms with Gasteiger partial charge in [-0.15, -0.1) is 0 Å². The van der Waals surface area contributed by atoms with E-state index in [-0.39, 0.29) is 11.9 Å². The molecule has 3 N–H and O–H groups in total. The average Bonchev–Trinajstić information content (AvgIpc) is 3.40. The zero-order chi connectivity index (χ0) is 29.9. The number of carbonyl (C=O) groups is 2. The lowest BCUT2D eigenvalue weighted by atomic mass is 9.89. The van der Waals surface area contributed by atoms with Crippen molar-refractivity contribution >= 4 is 40.0 Å². The number of amides is 2. The molecule has 0 radical (unpaired) electrons. The molecule has 5 rings (SSSR count). The van der Waals surface area contributed by atoms with Gasteiger partial charge in [-0.1, -0.05) is 12.1 Å². The number of piperidine rings is 1. The molecule has 0 saturated carbocycles. The van der Waals surface area contributed by atoms with E-state index in [1.54, 1.807) is 37.9 Å². The van der Waals surface area contributed by atoms with Gasteiger partial charge in [-0.05, 0) is 107 Å². The Kier molecular flexibility index (Phi) is 8.61. The fraction of sp³-hybridized carbons (Fsp3) is 0.364. The van der Waals surface area contributed by atoms with Crippen molar-refractivity contribution in [3.63, 3.8) is 0 Å². The second kappa shape index (κ2) is 12.3. The highest BCUT2D eigenvalue weighted by molar-refractivity contribution is 6.04. The van der Waals surface area contributed by atoms with Gasteiger partial charge in [-0.2, -0.15) is 0 Å². The molecule has 220 valence electrons. The summed E-state index contributed by atoms with van der Waals surface area (Å²) in [7, 11) is 3.76. The van der Waals surface area contributed by atoms with E-state index in [4.69, 9.17) is 0 Å². The molecular formula is C33H40N6O3. The molecule has 0 unspecified atom stereocenters. The Morgan fingerprint density at radius 1 is 1.02 bits per heavy atom. The van der Waals surface area contributed by atoms with Crippen LogP contribution in [0.5, 0.6) is 0 Å². The highest BCUT2D eigenvalue weighted by atomic mass is 16.3. The number of fused-ring (bicyclic) bond motifs is 1. The van der Waals surface area contributed by atoms with Crippen molar-refractivity contribution in [3.05, 3.63) is 84.2 Å². The number of likely N-dealkylation sites (tertiary alicyclic amines) is 1. The summed E-state index contributed by atoms with van der Waals surface area (Å²) in [4.78, 5) is 34.2. The first kappa shape index (κ1) is 29.3. The maximum Gasteiger partial charge on any atom is 0.325 e. The van der Waals surface area contributed by atoms with Gasteiger partial charge in [0, 0.05) is 54.4 Å². The molecule has 0 aliphatic carbocycles. The third kappa shape index (κ3) is 6.80. The quantitative estimate of drug-likeness (QED) is 0.256. The van der Waals surface area contributed by atoms with E-state index in [1.165, 1.54) is 5.56 Å². The van der Waals surface area contributed by atoms with Crippen LogP contribution in [0.3, 0.4) is 0 Å². The molecule has 1 aliphatic heterocycles. The predicted molar refractivity (Wildman–Crippen MR) is 168 cm³/mol. The first-order chi connectivity index (χ1) is 20.1. The molecule has 4 aromatic rings. The molecule has 9 heteroatoms. The van der Waals surface area contributed by atoms with Crippen LogP contribution < -0.4 is 15.5 Å². The number of rotatable bonds is 8. The number of carbonyl (C=O) groups excluding carboxylic acids is 2. The minimum atomic E-state index is -0.866. The predicted octanol–water partition coefficient (Wildman–Crippen LogP) is 5.58. The van der Waals surface area contributed by atoms with Crippen molar-refractivity contribution in [2.24, 2.45) is 0 Å². The molecule has 42 heavy (non-hydrogen) atoms. The molecule has 2 amide bonds. The van der Waals surface area contributed by atoms with Crippen molar-refractivity contribution in [2.45, 2.75) is 44.6 Å². The second-order valence-corrected chi connectivity index (χ2v) is 11.8. The molecule has 2 aromatic heterocycles. The molecular weight excluding hydrogens is 528 g/mol. The summed E-state index contributed by atoms with van der Waals surface area (Å²) >= 11 is 0. The van der Waals surface area contributed by atoms with Gasteiger partial charge < -0.3 is 25.5 Å². The molecule has 1 fully saturated rings. The summed E-state index contributed by atoms with van der Waals surface area (Å²) < 4.78 is 1.57. The van der Waals surface area contributed by atoms with Gasteiger partial charge in [0.2, 0.25) is 0 Å². The van der Waals surface area contributed by atoms with E-state index in [9.17, 15) is 14.7 Å².